The molecule has 0 amide bonds. The fourth-order valence-corrected chi connectivity index (χ4v) is 2.45. The second kappa shape index (κ2) is 10.4. The first-order valence-electron chi connectivity index (χ1n) is 7.50. The number of nitrogens with one attached hydrogen (secondary N) is 2. The molecule has 8 heteroatoms. The number of guanidine groups is 1. The summed E-state index contributed by atoms with van der Waals surface area (Å²) >= 11 is 12.0. The van der Waals surface area contributed by atoms with Crippen molar-refractivity contribution < 1.29 is 9.53 Å². The quantitative estimate of drug-likeness (QED) is 0.323. The number of esters is 1. The molecule has 0 saturated carbocycles. The van der Waals surface area contributed by atoms with Crippen molar-refractivity contribution in [1.82, 2.24) is 15.2 Å². The summed E-state index contributed by atoms with van der Waals surface area (Å²) in [6.45, 7) is 1.36. The van der Waals surface area contributed by atoms with E-state index in [1.165, 1.54) is 7.11 Å². The number of rotatable bonds is 8. The zero-order chi connectivity index (χ0) is 17.2. The molecule has 130 valence electrons. The number of aromatic nitrogens is 1. The Bertz CT molecular complexity index is 544. The Hall–Kier alpha value is -1.40. The summed E-state index contributed by atoms with van der Waals surface area (Å²) in [5, 5.41) is 7.51. The van der Waals surface area contributed by atoms with Crippen LogP contribution in [0.15, 0.2) is 11.1 Å². The molecule has 0 saturated heterocycles. The van der Waals surface area contributed by atoms with Gasteiger partial charge >= 0.3 is 5.97 Å². The van der Waals surface area contributed by atoms with Crippen LogP contribution in [0.25, 0.3) is 0 Å². The summed E-state index contributed by atoms with van der Waals surface area (Å²) in [7, 11) is 4.99. The van der Waals surface area contributed by atoms with Crippen molar-refractivity contribution in [3.05, 3.63) is 21.9 Å². The molecule has 1 rings (SSSR count). The molecular weight excluding hydrogens is 339 g/mol. The highest BCUT2D eigenvalue weighted by molar-refractivity contribution is 6.41. The standard InChI is InChI=1S/C15H24Cl2N4O2/c1-18-15(19-8-6-4-5-7-13(22)23-3)20-10-11-9-12(16)14(17)21(11)2/h9H,4-8,10H2,1-3H3,(H2,18,19,20). The number of hydrogen-bond acceptors (Lipinski definition) is 3. The molecule has 1 aromatic rings. The van der Waals surface area contributed by atoms with Gasteiger partial charge in [-0.15, -0.1) is 0 Å². The number of nitrogens with zero attached hydrogens (tertiary/aromatic N) is 2. The first-order valence-corrected chi connectivity index (χ1v) is 8.26. The first-order chi connectivity index (χ1) is 11.0. The van der Waals surface area contributed by atoms with Crippen LogP contribution < -0.4 is 10.6 Å². The van der Waals surface area contributed by atoms with Crippen LogP contribution in [0.5, 0.6) is 0 Å². The molecule has 6 nitrogen and oxygen atoms in total. The maximum Gasteiger partial charge on any atom is 0.305 e. The molecule has 1 aromatic heterocycles. The van der Waals surface area contributed by atoms with Gasteiger partial charge in [-0.25, -0.2) is 0 Å². The lowest BCUT2D eigenvalue weighted by atomic mass is 10.2. The second-order valence-electron chi connectivity index (χ2n) is 5.07. The Balaban J connectivity index is 2.25. The molecule has 0 aromatic carbocycles. The normalized spacial score (nSPS) is 11.4. The number of carbonyl (C=O) groups is 1. The molecule has 0 atom stereocenters. The smallest absolute Gasteiger partial charge is 0.305 e. The van der Waals surface area contributed by atoms with Crippen molar-refractivity contribution in [2.75, 3.05) is 20.7 Å². The van der Waals surface area contributed by atoms with Crippen LogP contribution in [0.4, 0.5) is 0 Å². The Morgan fingerprint density at radius 2 is 2.04 bits per heavy atom. The van der Waals surface area contributed by atoms with Gasteiger partial charge in [0.2, 0.25) is 0 Å². The van der Waals surface area contributed by atoms with Gasteiger partial charge in [-0.3, -0.25) is 9.79 Å². The van der Waals surface area contributed by atoms with E-state index < -0.39 is 0 Å². The fourth-order valence-electron chi connectivity index (χ4n) is 2.03. The molecule has 23 heavy (non-hydrogen) atoms. The lowest BCUT2D eigenvalue weighted by Crippen LogP contribution is -2.37. The Labute approximate surface area is 147 Å². The molecular formula is C15H24Cl2N4O2. The Kier molecular flexibility index (Phi) is 8.87. The molecule has 0 radical (unpaired) electrons. The predicted octanol–water partition coefficient (Wildman–Crippen LogP) is 2.73. The van der Waals surface area contributed by atoms with Crippen molar-refractivity contribution in [2.45, 2.75) is 32.2 Å². The average Bonchev–Trinajstić information content (AvgIpc) is 2.80. The highest BCUT2D eigenvalue weighted by Gasteiger charge is 2.09. The largest absolute Gasteiger partial charge is 0.469 e. The summed E-state index contributed by atoms with van der Waals surface area (Å²) in [5.41, 5.74) is 0.973. The topological polar surface area (TPSA) is 67.7 Å². The maximum absolute atomic E-state index is 11.0. The summed E-state index contributed by atoms with van der Waals surface area (Å²) in [6.07, 6.45) is 3.22. The summed E-state index contributed by atoms with van der Waals surface area (Å²) < 4.78 is 6.43. The van der Waals surface area contributed by atoms with E-state index >= 15 is 0 Å². The van der Waals surface area contributed by atoms with Crippen molar-refractivity contribution in [2.24, 2.45) is 12.0 Å². The lowest BCUT2D eigenvalue weighted by molar-refractivity contribution is -0.140. The fraction of sp³-hybridized carbons (Fsp3) is 0.600. The van der Waals surface area contributed by atoms with Crippen LogP contribution in [0.1, 0.15) is 31.4 Å². The molecule has 0 aliphatic rings. The van der Waals surface area contributed by atoms with Crippen LogP contribution in [-0.4, -0.2) is 37.2 Å². The third kappa shape index (κ3) is 6.71. The predicted molar refractivity (Wildman–Crippen MR) is 94.1 cm³/mol. The van der Waals surface area contributed by atoms with Gasteiger partial charge in [0.25, 0.3) is 0 Å². The van der Waals surface area contributed by atoms with Gasteiger partial charge in [-0.2, -0.15) is 0 Å². The minimum Gasteiger partial charge on any atom is -0.469 e. The van der Waals surface area contributed by atoms with Crippen molar-refractivity contribution in [3.8, 4) is 0 Å². The molecule has 2 N–H and O–H groups in total. The number of halogens is 2. The Morgan fingerprint density at radius 3 is 2.61 bits per heavy atom. The number of ether oxygens (including phenoxy) is 1. The Morgan fingerprint density at radius 1 is 1.30 bits per heavy atom. The summed E-state index contributed by atoms with van der Waals surface area (Å²) in [6, 6.07) is 1.83. The molecule has 1 heterocycles. The van der Waals surface area contributed by atoms with E-state index in [1.54, 1.807) is 7.05 Å². The number of hydrogen-bond donors (Lipinski definition) is 2. The number of carbonyl (C=O) groups excluding carboxylic acids is 1. The lowest BCUT2D eigenvalue weighted by Gasteiger charge is -2.12. The zero-order valence-corrected chi connectivity index (χ0v) is 15.3. The van der Waals surface area contributed by atoms with Crippen molar-refractivity contribution >= 4 is 35.1 Å². The van der Waals surface area contributed by atoms with Crippen LogP contribution in [-0.2, 0) is 23.1 Å². The van der Waals surface area contributed by atoms with E-state index in [-0.39, 0.29) is 5.97 Å². The SMILES string of the molecule is CN=C(NCCCCCC(=O)OC)NCc1cc(Cl)c(Cl)n1C. The van der Waals surface area contributed by atoms with Gasteiger partial charge in [0.05, 0.1) is 18.7 Å². The van der Waals surface area contributed by atoms with Crippen molar-refractivity contribution in [1.29, 1.82) is 0 Å². The zero-order valence-electron chi connectivity index (χ0n) is 13.8. The van der Waals surface area contributed by atoms with Gasteiger partial charge in [0.1, 0.15) is 5.15 Å². The van der Waals surface area contributed by atoms with Crippen LogP contribution in [0.3, 0.4) is 0 Å². The summed E-state index contributed by atoms with van der Waals surface area (Å²) in [4.78, 5) is 15.2. The molecule has 0 aliphatic heterocycles. The molecule has 0 unspecified atom stereocenters. The highest BCUT2D eigenvalue weighted by Crippen LogP contribution is 2.24. The van der Waals surface area contributed by atoms with E-state index in [1.807, 2.05) is 17.7 Å². The second-order valence-corrected chi connectivity index (χ2v) is 5.84. The van der Waals surface area contributed by atoms with E-state index in [0.29, 0.717) is 29.1 Å². The number of methoxy groups -OCH3 is 1. The van der Waals surface area contributed by atoms with Gasteiger partial charge in [-0.05, 0) is 18.9 Å². The molecule has 0 bridgehead atoms. The number of aliphatic imine (C=N–C) groups is 1. The van der Waals surface area contributed by atoms with E-state index in [4.69, 9.17) is 23.2 Å². The van der Waals surface area contributed by atoms with E-state index in [0.717, 1.165) is 31.5 Å². The monoisotopic (exact) mass is 362 g/mol. The van der Waals surface area contributed by atoms with Gasteiger partial charge in [0, 0.05) is 32.8 Å². The third-order valence-corrected chi connectivity index (χ3v) is 4.30. The highest BCUT2D eigenvalue weighted by atomic mass is 35.5. The van der Waals surface area contributed by atoms with E-state index in [9.17, 15) is 4.79 Å². The van der Waals surface area contributed by atoms with Crippen LogP contribution in [0.2, 0.25) is 10.2 Å². The number of unbranched alkanes of at least 4 members (excludes halogenated alkanes) is 2. The van der Waals surface area contributed by atoms with Crippen LogP contribution >= 0.6 is 23.2 Å². The maximum atomic E-state index is 11.0. The minimum absolute atomic E-state index is 0.157. The average molecular weight is 363 g/mol. The van der Waals surface area contributed by atoms with Gasteiger partial charge in [-0.1, -0.05) is 29.6 Å². The van der Waals surface area contributed by atoms with Crippen molar-refractivity contribution in [3.63, 3.8) is 0 Å². The molecule has 0 spiro atoms. The third-order valence-electron chi connectivity index (χ3n) is 3.45. The van der Waals surface area contributed by atoms with Crippen LogP contribution in [0, 0.1) is 0 Å². The van der Waals surface area contributed by atoms with Gasteiger partial charge in [0.15, 0.2) is 5.96 Å². The minimum atomic E-state index is -0.157. The first kappa shape index (κ1) is 19.6. The van der Waals surface area contributed by atoms with E-state index in [2.05, 4.69) is 20.4 Å². The summed E-state index contributed by atoms with van der Waals surface area (Å²) in [5.74, 6) is 0.557. The van der Waals surface area contributed by atoms with Gasteiger partial charge < -0.3 is 19.9 Å². The molecule has 0 fully saturated rings. The molecule has 0 aliphatic carbocycles.